The summed E-state index contributed by atoms with van der Waals surface area (Å²) in [6.07, 6.45) is 8.52. The Hall–Kier alpha value is -4.11. The van der Waals surface area contributed by atoms with E-state index in [0.29, 0.717) is 5.69 Å². The first-order chi connectivity index (χ1) is 15.9. The number of nitrogens with zero attached hydrogens (tertiary/aromatic N) is 5. The van der Waals surface area contributed by atoms with Crippen LogP contribution in [0.1, 0.15) is 5.56 Å². The number of anilines is 1. The maximum Gasteiger partial charge on any atom is 0.261 e. The molecule has 0 aliphatic carbocycles. The number of fused-ring (bicyclic) bond motifs is 1. The van der Waals surface area contributed by atoms with Gasteiger partial charge < -0.3 is 0 Å². The lowest BCUT2D eigenvalue weighted by Crippen LogP contribution is -2.13. The van der Waals surface area contributed by atoms with E-state index in [1.165, 1.54) is 6.20 Å². The number of benzene rings is 2. The molecule has 0 saturated carbocycles. The van der Waals surface area contributed by atoms with Gasteiger partial charge in [-0.1, -0.05) is 23.8 Å². The predicted molar refractivity (Wildman–Crippen MR) is 127 cm³/mol. The van der Waals surface area contributed by atoms with E-state index in [0.717, 1.165) is 39.0 Å². The first-order valence-corrected chi connectivity index (χ1v) is 11.7. The molecule has 0 unspecified atom stereocenters. The standard InChI is InChI=1S/C24H20N6O2S/c1-16-3-6-21(7-4-16)33(31,32)29-20-9-18(11-25-13-20)17-5-8-22-23(10-17)28-24(14-26-22)19-12-27-30(2)15-19/h3-15,29H,1-2H3. The fourth-order valence-corrected chi connectivity index (χ4v) is 4.50. The van der Waals surface area contributed by atoms with Gasteiger partial charge in [0.2, 0.25) is 0 Å². The fraction of sp³-hybridized carbons (Fsp3) is 0.0833. The van der Waals surface area contributed by atoms with E-state index in [2.05, 4.69) is 19.8 Å². The van der Waals surface area contributed by atoms with Gasteiger partial charge in [0.25, 0.3) is 10.0 Å². The molecular formula is C24H20N6O2S. The van der Waals surface area contributed by atoms with Gasteiger partial charge in [-0.15, -0.1) is 0 Å². The van der Waals surface area contributed by atoms with Crippen LogP contribution in [-0.2, 0) is 17.1 Å². The molecule has 8 nitrogen and oxygen atoms in total. The quantitative estimate of drug-likeness (QED) is 0.425. The van der Waals surface area contributed by atoms with E-state index in [1.54, 1.807) is 53.6 Å². The van der Waals surface area contributed by atoms with Gasteiger partial charge in [-0.05, 0) is 42.8 Å². The third kappa shape index (κ3) is 4.31. The van der Waals surface area contributed by atoms with Crippen LogP contribution in [0.25, 0.3) is 33.4 Å². The molecule has 5 rings (SSSR count). The van der Waals surface area contributed by atoms with Gasteiger partial charge >= 0.3 is 0 Å². The first kappa shape index (κ1) is 20.8. The van der Waals surface area contributed by atoms with Crippen molar-refractivity contribution < 1.29 is 8.42 Å². The number of pyridine rings is 1. The van der Waals surface area contributed by atoms with E-state index in [-0.39, 0.29) is 4.90 Å². The van der Waals surface area contributed by atoms with E-state index in [4.69, 9.17) is 4.98 Å². The maximum absolute atomic E-state index is 12.7. The van der Waals surface area contributed by atoms with Crippen LogP contribution in [-0.4, -0.2) is 33.2 Å². The highest BCUT2D eigenvalue weighted by Gasteiger charge is 2.15. The van der Waals surface area contributed by atoms with Gasteiger partial charge in [-0.2, -0.15) is 5.10 Å². The lowest BCUT2D eigenvalue weighted by Gasteiger charge is -2.10. The van der Waals surface area contributed by atoms with Crippen LogP contribution >= 0.6 is 0 Å². The summed E-state index contributed by atoms with van der Waals surface area (Å²) in [5.74, 6) is 0. The summed E-state index contributed by atoms with van der Waals surface area (Å²) in [6, 6.07) is 14.1. The van der Waals surface area contributed by atoms with Crippen molar-refractivity contribution in [2.75, 3.05) is 4.72 Å². The summed E-state index contributed by atoms with van der Waals surface area (Å²) in [4.78, 5) is 13.6. The maximum atomic E-state index is 12.7. The van der Waals surface area contributed by atoms with Crippen molar-refractivity contribution in [3.05, 3.63) is 85.1 Å². The summed E-state index contributed by atoms with van der Waals surface area (Å²) in [6.45, 7) is 1.91. The SMILES string of the molecule is Cc1ccc(S(=O)(=O)Nc2cncc(-c3ccc4ncc(-c5cnn(C)c5)nc4c3)c2)cc1. The second kappa shape index (κ2) is 8.10. The van der Waals surface area contributed by atoms with Gasteiger partial charge in [0.15, 0.2) is 0 Å². The molecule has 0 spiro atoms. The minimum absolute atomic E-state index is 0.197. The van der Waals surface area contributed by atoms with Crippen molar-refractivity contribution >= 4 is 26.7 Å². The molecule has 3 heterocycles. The molecule has 0 fully saturated rings. The second-order valence-corrected chi connectivity index (χ2v) is 9.42. The lowest BCUT2D eigenvalue weighted by atomic mass is 10.1. The number of sulfonamides is 1. The topological polar surface area (TPSA) is 103 Å². The Kier molecular flexibility index (Phi) is 5.10. The second-order valence-electron chi connectivity index (χ2n) is 7.74. The fourth-order valence-electron chi connectivity index (χ4n) is 3.47. The number of aryl methyl sites for hydroxylation is 2. The molecular weight excluding hydrogens is 436 g/mol. The van der Waals surface area contributed by atoms with E-state index in [9.17, 15) is 8.42 Å². The normalized spacial score (nSPS) is 11.6. The third-order valence-corrected chi connectivity index (χ3v) is 6.60. The average molecular weight is 457 g/mol. The van der Waals surface area contributed by atoms with Crippen molar-refractivity contribution in [3.8, 4) is 22.4 Å². The predicted octanol–water partition coefficient (Wildman–Crippen LogP) is 4.20. The summed E-state index contributed by atoms with van der Waals surface area (Å²) in [5, 5.41) is 4.19. The Balaban J connectivity index is 1.47. The molecule has 5 aromatic rings. The lowest BCUT2D eigenvalue weighted by molar-refractivity contribution is 0.601. The summed E-state index contributed by atoms with van der Waals surface area (Å²) in [7, 11) is -1.87. The van der Waals surface area contributed by atoms with Crippen LogP contribution < -0.4 is 4.72 Å². The van der Waals surface area contributed by atoms with Crippen LogP contribution in [0.2, 0.25) is 0 Å². The van der Waals surface area contributed by atoms with Gasteiger partial charge in [-0.3, -0.25) is 19.4 Å². The number of nitrogens with one attached hydrogen (secondary N) is 1. The molecule has 3 aromatic heterocycles. The highest BCUT2D eigenvalue weighted by molar-refractivity contribution is 7.92. The van der Waals surface area contributed by atoms with Crippen molar-refractivity contribution in [1.29, 1.82) is 0 Å². The molecule has 0 radical (unpaired) electrons. The van der Waals surface area contributed by atoms with Crippen LogP contribution in [0.15, 0.2) is 84.4 Å². The van der Waals surface area contributed by atoms with Gasteiger partial charge in [0.05, 0.1) is 45.9 Å². The molecule has 0 atom stereocenters. The molecule has 0 aliphatic heterocycles. The number of hydrogen-bond acceptors (Lipinski definition) is 6. The molecule has 0 aliphatic rings. The first-order valence-electron chi connectivity index (χ1n) is 10.2. The monoisotopic (exact) mass is 456 g/mol. The van der Waals surface area contributed by atoms with Crippen molar-refractivity contribution in [1.82, 2.24) is 24.7 Å². The van der Waals surface area contributed by atoms with Crippen LogP contribution in [0.4, 0.5) is 5.69 Å². The zero-order chi connectivity index (χ0) is 23.0. The van der Waals surface area contributed by atoms with Crippen molar-refractivity contribution in [3.63, 3.8) is 0 Å². The minimum Gasteiger partial charge on any atom is -0.278 e. The summed E-state index contributed by atoms with van der Waals surface area (Å²) >= 11 is 0. The Bertz CT molecular complexity index is 1580. The highest BCUT2D eigenvalue weighted by atomic mass is 32.2. The minimum atomic E-state index is -3.72. The largest absolute Gasteiger partial charge is 0.278 e. The summed E-state index contributed by atoms with van der Waals surface area (Å²) in [5.41, 5.74) is 6.07. The number of rotatable bonds is 5. The van der Waals surface area contributed by atoms with Crippen molar-refractivity contribution in [2.45, 2.75) is 11.8 Å². The zero-order valence-corrected chi connectivity index (χ0v) is 18.8. The molecule has 1 N–H and O–H groups in total. The molecule has 2 aromatic carbocycles. The van der Waals surface area contributed by atoms with Gasteiger partial charge in [0.1, 0.15) is 0 Å². The Morgan fingerprint density at radius 2 is 1.67 bits per heavy atom. The highest BCUT2D eigenvalue weighted by Crippen LogP contribution is 2.27. The molecule has 164 valence electrons. The Labute approximate surface area is 191 Å². The Morgan fingerprint density at radius 3 is 2.42 bits per heavy atom. The average Bonchev–Trinajstić information content (AvgIpc) is 3.25. The summed E-state index contributed by atoms with van der Waals surface area (Å²) < 4.78 is 29.8. The Morgan fingerprint density at radius 1 is 0.848 bits per heavy atom. The van der Waals surface area contributed by atoms with E-state index < -0.39 is 10.0 Å². The molecule has 0 amide bonds. The van der Waals surface area contributed by atoms with Crippen molar-refractivity contribution in [2.24, 2.45) is 7.05 Å². The number of aromatic nitrogens is 5. The van der Waals surface area contributed by atoms with Gasteiger partial charge in [-0.25, -0.2) is 13.4 Å². The molecule has 33 heavy (non-hydrogen) atoms. The molecule has 0 bridgehead atoms. The smallest absolute Gasteiger partial charge is 0.261 e. The third-order valence-electron chi connectivity index (χ3n) is 5.20. The van der Waals surface area contributed by atoms with Gasteiger partial charge in [0, 0.05) is 30.6 Å². The van der Waals surface area contributed by atoms with Crippen LogP contribution in [0.3, 0.4) is 0 Å². The molecule has 9 heteroatoms. The van der Waals surface area contributed by atoms with E-state index in [1.807, 2.05) is 38.4 Å². The number of hydrogen-bond donors (Lipinski definition) is 1. The van der Waals surface area contributed by atoms with Crippen LogP contribution in [0, 0.1) is 6.92 Å². The van der Waals surface area contributed by atoms with Crippen LogP contribution in [0.5, 0.6) is 0 Å². The zero-order valence-electron chi connectivity index (χ0n) is 18.0. The molecule has 0 saturated heterocycles. The van der Waals surface area contributed by atoms with E-state index >= 15 is 0 Å².